The minimum absolute atomic E-state index is 0.103. The van der Waals surface area contributed by atoms with Gasteiger partial charge in [0.25, 0.3) is 0 Å². The van der Waals surface area contributed by atoms with Crippen LogP contribution in [0.25, 0.3) is 10.6 Å². The van der Waals surface area contributed by atoms with Crippen LogP contribution in [0.5, 0.6) is 0 Å². The summed E-state index contributed by atoms with van der Waals surface area (Å²) in [5.41, 5.74) is 8.11. The van der Waals surface area contributed by atoms with E-state index in [1.165, 1.54) is 0 Å². The molecule has 2 nitrogen and oxygen atoms in total. The molecule has 0 bridgehead atoms. The largest absolute Gasteiger partial charge is 0.462 e. The van der Waals surface area contributed by atoms with E-state index in [0.29, 0.717) is 16.2 Å². The molecule has 0 aromatic heterocycles. The van der Waals surface area contributed by atoms with Crippen LogP contribution in [0.4, 0.5) is 0 Å². The molecule has 0 atom stereocenters. The maximum Gasteiger partial charge on any atom is 0.340 e. The molecule has 0 amide bonds. The van der Waals surface area contributed by atoms with E-state index in [1.54, 1.807) is 6.92 Å². The van der Waals surface area contributed by atoms with E-state index in [2.05, 4.69) is 26.5 Å². The number of hydrogen-bond donors (Lipinski definition) is 0. The molecule has 0 aliphatic heterocycles. The summed E-state index contributed by atoms with van der Waals surface area (Å²) in [4.78, 5) is 13.1. The molecule has 0 unspecified atom stereocenters. The molecule has 2 aromatic carbocycles. The molecular weight excluding hydrogens is 380 g/mol. The molecule has 0 radical (unpaired) electrons. The van der Waals surface area contributed by atoms with E-state index in [0.717, 1.165) is 22.3 Å². The Hall–Kier alpha value is -2.54. The zero-order chi connectivity index (χ0) is 21.6. The highest BCUT2D eigenvalue weighted by Crippen LogP contribution is 2.35. The number of carbonyl (C=O) groups is 1. The van der Waals surface area contributed by atoms with Crippen molar-refractivity contribution in [2.75, 3.05) is 6.61 Å². The van der Waals surface area contributed by atoms with Gasteiger partial charge in [-0.2, -0.15) is 0 Å². The van der Waals surface area contributed by atoms with Gasteiger partial charge in [-0.3, -0.25) is 0 Å². The second-order valence-electron chi connectivity index (χ2n) is 8.02. The number of halogens is 1. The highest BCUT2D eigenvalue weighted by atomic mass is 35.5. The number of benzene rings is 2. The van der Waals surface area contributed by atoms with Crippen molar-refractivity contribution in [2.45, 2.75) is 41.5 Å². The average Bonchev–Trinajstić information content (AvgIpc) is 2.67. The van der Waals surface area contributed by atoms with Crippen molar-refractivity contribution in [1.29, 1.82) is 0 Å². The maximum absolute atomic E-state index is 13.1. The van der Waals surface area contributed by atoms with Crippen LogP contribution in [0.2, 0.25) is 0 Å². The van der Waals surface area contributed by atoms with Crippen molar-refractivity contribution >= 4 is 28.2 Å². The molecule has 2 rings (SSSR count). The summed E-state index contributed by atoms with van der Waals surface area (Å²) in [5, 5.41) is 0.356. The van der Waals surface area contributed by atoms with Crippen molar-refractivity contribution in [3.05, 3.63) is 88.2 Å². The molecule has 0 aliphatic carbocycles. The topological polar surface area (TPSA) is 26.3 Å². The molecule has 3 heteroatoms. The summed E-state index contributed by atoms with van der Waals surface area (Å²) in [6, 6.07) is 17.5. The molecule has 0 heterocycles. The van der Waals surface area contributed by atoms with Crippen molar-refractivity contribution in [3.8, 4) is 0 Å². The number of ether oxygens (including phenoxy) is 1. The number of carbonyl (C=O) groups excluding carboxylic acids is 1. The third kappa shape index (κ3) is 5.97. The zero-order valence-corrected chi connectivity index (χ0v) is 18.9. The lowest BCUT2D eigenvalue weighted by molar-refractivity contribution is -0.137. The van der Waals surface area contributed by atoms with Gasteiger partial charge in [0, 0.05) is 5.57 Å². The van der Waals surface area contributed by atoms with Crippen molar-refractivity contribution in [1.82, 2.24) is 0 Å². The lowest BCUT2D eigenvalue weighted by atomic mass is 9.86. The molecule has 0 saturated heterocycles. The highest BCUT2D eigenvalue weighted by Gasteiger charge is 2.24. The minimum atomic E-state index is -0.452. The van der Waals surface area contributed by atoms with Crippen LogP contribution in [0.1, 0.15) is 51.3 Å². The summed E-state index contributed by atoms with van der Waals surface area (Å²) in [6.07, 6.45) is 0. The van der Waals surface area contributed by atoms with Crippen LogP contribution < -0.4 is 0 Å². The second-order valence-corrected chi connectivity index (χ2v) is 8.40. The Kier molecular flexibility index (Phi) is 7.67. The van der Waals surface area contributed by atoms with E-state index in [1.807, 2.05) is 68.4 Å². The molecular formula is C26H29ClO2. The first-order chi connectivity index (χ1) is 13.6. The Morgan fingerprint density at radius 2 is 1.66 bits per heavy atom. The third-order valence-electron chi connectivity index (χ3n) is 4.72. The summed E-state index contributed by atoms with van der Waals surface area (Å²) in [5.74, 6) is -0.452. The normalized spacial score (nSPS) is 12.0. The number of rotatable bonds is 5. The van der Waals surface area contributed by atoms with Gasteiger partial charge >= 0.3 is 5.97 Å². The third-order valence-corrected chi connectivity index (χ3v) is 5.13. The molecule has 2 aromatic rings. The van der Waals surface area contributed by atoms with E-state index < -0.39 is 5.97 Å². The van der Waals surface area contributed by atoms with Gasteiger partial charge < -0.3 is 4.74 Å². The SMILES string of the molecule is CCOC(=O)/C(C(=C=C(C)C(C)(C)C)c1cccc(C)c1)=C(/Cl)c1ccccc1. The predicted octanol–water partition coefficient (Wildman–Crippen LogP) is 7.18. The molecule has 0 saturated carbocycles. The van der Waals surface area contributed by atoms with Gasteiger partial charge in [0.15, 0.2) is 0 Å². The predicted molar refractivity (Wildman–Crippen MR) is 123 cm³/mol. The first kappa shape index (κ1) is 22.7. The first-order valence-electron chi connectivity index (χ1n) is 9.83. The number of esters is 1. The van der Waals surface area contributed by atoms with Crippen LogP contribution >= 0.6 is 11.6 Å². The smallest absolute Gasteiger partial charge is 0.340 e. The fraction of sp³-hybridized carbons (Fsp3) is 0.308. The standard InChI is InChI=1S/C26H29ClO2/c1-7-29-25(28)23(24(27)20-13-9-8-10-14-20)22(17-19(3)26(4,5)6)21-15-11-12-18(2)16-21/h8-16H,7H2,1-6H3/b24-23+. The lowest BCUT2D eigenvalue weighted by Gasteiger charge is -2.19. The van der Waals surface area contributed by atoms with Gasteiger partial charge in [0.2, 0.25) is 0 Å². The summed E-state index contributed by atoms with van der Waals surface area (Å²) in [7, 11) is 0. The zero-order valence-electron chi connectivity index (χ0n) is 18.1. The van der Waals surface area contributed by atoms with E-state index in [-0.39, 0.29) is 12.0 Å². The number of aryl methyl sites for hydroxylation is 1. The Morgan fingerprint density at radius 3 is 2.21 bits per heavy atom. The van der Waals surface area contributed by atoms with Crippen molar-refractivity contribution in [2.24, 2.45) is 5.41 Å². The van der Waals surface area contributed by atoms with Crippen LogP contribution in [-0.2, 0) is 9.53 Å². The molecule has 0 aliphatic rings. The Bertz CT molecular complexity index is 969. The highest BCUT2D eigenvalue weighted by molar-refractivity contribution is 6.52. The average molecular weight is 409 g/mol. The summed E-state index contributed by atoms with van der Waals surface area (Å²) < 4.78 is 5.40. The Morgan fingerprint density at radius 1 is 1.03 bits per heavy atom. The van der Waals surface area contributed by atoms with Gasteiger partial charge in [-0.25, -0.2) is 4.79 Å². The summed E-state index contributed by atoms with van der Waals surface area (Å²) in [6.45, 7) is 12.5. The van der Waals surface area contributed by atoms with Crippen molar-refractivity contribution in [3.63, 3.8) is 0 Å². The lowest BCUT2D eigenvalue weighted by Crippen LogP contribution is -2.12. The fourth-order valence-electron chi connectivity index (χ4n) is 2.69. The van der Waals surface area contributed by atoms with Gasteiger partial charge in [0.05, 0.1) is 17.2 Å². The first-order valence-corrected chi connectivity index (χ1v) is 10.2. The Balaban J connectivity index is 2.92. The van der Waals surface area contributed by atoms with Gasteiger partial charge in [-0.05, 0) is 42.9 Å². The van der Waals surface area contributed by atoms with Crippen LogP contribution in [0.3, 0.4) is 0 Å². The van der Waals surface area contributed by atoms with Gasteiger partial charge in [0.1, 0.15) is 0 Å². The Labute approximate surface area is 179 Å². The number of hydrogen-bond acceptors (Lipinski definition) is 2. The maximum atomic E-state index is 13.1. The van der Waals surface area contributed by atoms with Crippen LogP contribution in [0, 0.1) is 12.3 Å². The van der Waals surface area contributed by atoms with Gasteiger partial charge in [-0.15, -0.1) is 5.73 Å². The van der Waals surface area contributed by atoms with E-state index in [9.17, 15) is 4.79 Å². The molecule has 0 N–H and O–H groups in total. The molecule has 0 spiro atoms. The molecule has 29 heavy (non-hydrogen) atoms. The van der Waals surface area contributed by atoms with Gasteiger partial charge in [-0.1, -0.05) is 92.5 Å². The van der Waals surface area contributed by atoms with E-state index in [4.69, 9.17) is 16.3 Å². The molecule has 152 valence electrons. The minimum Gasteiger partial charge on any atom is -0.462 e. The quantitative estimate of drug-likeness (QED) is 0.226. The molecule has 0 fully saturated rings. The monoisotopic (exact) mass is 408 g/mol. The van der Waals surface area contributed by atoms with E-state index >= 15 is 0 Å². The fourth-order valence-corrected chi connectivity index (χ4v) is 2.99. The van der Waals surface area contributed by atoms with Crippen molar-refractivity contribution < 1.29 is 9.53 Å². The van der Waals surface area contributed by atoms with Crippen LogP contribution in [-0.4, -0.2) is 12.6 Å². The summed E-state index contributed by atoms with van der Waals surface area (Å²) >= 11 is 6.79. The second kappa shape index (κ2) is 9.78. The van der Waals surface area contributed by atoms with Crippen LogP contribution in [0.15, 0.2) is 71.5 Å².